The molecule has 102 valence electrons. The van der Waals surface area contributed by atoms with Crippen molar-refractivity contribution in [2.45, 2.75) is 6.61 Å². The number of carbonyl (C=O) groups is 1. The second-order valence-electron chi connectivity index (χ2n) is 3.82. The first kappa shape index (κ1) is 14.1. The quantitative estimate of drug-likeness (QED) is 0.486. The molecule has 0 amide bonds. The Morgan fingerprint density at radius 2 is 2.15 bits per heavy atom. The number of rotatable bonds is 4. The van der Waals surface area contributed by atoms with Gasteiger partial charge in [-0.25, -0.2) is 4.79 Å². The lowest BCUT2D eigenvalue weighted by Gasteiger charge is -2.04. The van der Waals surface area contributed by atoms with Gasteiger partial charge in [-0.3, -0.25) is 15.1 Å². The third kappa shape index (κ3) is 3.39. The lowest BCUT2D eigenvalue weighted by atomic mass is 10.2. The van der Waals surface area contributed by atoms with Crippen molar-refractivity contribution in [3.05, 3.63) is 68.4 Å². The van der Waals surface area contributed by atoms with E-state index in [1.165, 1.54) is 18.2 Å². The van der Waals surface area contributed by atoms with Crippen molar-refractivity contribution in [2.75, 3.05) is 0 Å². The van der Waals surface area contributed by atoms with Crippen LogP contribution >= 0.6 is 15.9 Å². The van der Waals surface area contributed by atoms with Gasteiger partial charge in [0, 0.05) is 12.3 Å². The minimum absolute atomic E-state index is 0.0174. The number of nitrogens with zero attached hydrogens (tertiary/aromatic N) is 2. The summed E-state index contributed by atoms with van der Waals surface area (Å²) in [6.45, 7) is 0.0174. The molecule has 0 unspecified atom stereocenters. The van der Waals surface area contributed by atoms with E-state index >= 15 is 0 Å². The molecule has 0 bridgehead atoms. The van der Waals surface area contributed by atoms with Gasteiger partial charge in [0.2, 0.25) is 0 Å². The summed E-state index contributed by atoms with van der Waals surface area (Å²) in [7, 11) is 0. The summed E-state index contributed by atoms with van der Waals surface area (Å²) >= 11 is 3.05. The standard InChI is InChI=1S/C13H9BrN2O4/c14-11-5-4-9(7-12(11)16(18)19)13(17)20-8-10-3-1-2-6-15-10/h1-7H,8H2. The molecule has 7 heteroatoms. The topological polar surface area (TPSA) is 82.3 Å². The van der Waals surface area contributed by atoms with Crippen molar-refractivity contribution in [3.63, 3.8) is 0 Å². The normalized spacial score (nSPS) is 10.1. The summed E-state index contributed by atoms with van der Waals surface area (Å²) in [5.74, 6) is -0.633. The molecule has 2 aromatic rings. The van der Waals surface area contributed by atoms with E-state index < -0.39 is 10.9 Å². The van der Waals surface area contributed by atoms with E-state index in [4.69, 9.17) is 4.74 Å². The highest BCUT2D eigenvalue weighted by Crippen LogP contribution is 2.25. The molecule has 20 heavy (non-hydrogen) atoms. The highest BCUT2D eigenvalue weighted by Gasteiger charge is 2.16. The molecule has 2 rings (SSSR count). The molecular weight excluding hydrogens is 328 g/mol. The van der Waals surface area contributed by atoms with Crippen molar-refractivity contribution in [1.29, 1.82) is 0 Å². The average Bonchev–Trinajstić information content (AvgIpc) is 2.46. The van der Waals surface area contributed by atoms with Crippen LogP contribution in [0.15, 0.2) is 47.1 Å². The number of hydrogen-bond donors (Lipinski definition) is 0. The number of aromatic nitrogens is 1. The van der Waals surface area contributed by atoms with E-state index in [1.54, 1.807) is 24.4 Å². The molecule has 0 aliphatic rings. The van der Waals surface area contributed by atoms with Crippen LogP contribution in [-0.4, -0.2) is 15.9 Å². The fourth-order valence-electron chi connectivity index (χ4n) is 1.49. The summed E-state index contributed by atoms with van der Waals surface area (Å²) < 4.78 is 5.36. The zero-order valence-electron chi connectivity index (χ0n) is 10.2. The highest BCUT2D eigenvalue weighted by atomic mass is 79.9. The van der Waals surface area contributed by atoms with Gasteiger partial charge in [0.05, 0.1) is 20.7 Å². The Hall–Kier alpha value is -2.28. The molecule has 0 saturated heterocycles. The monoisotopic (exact) mass is 336 g/mol. The SMILES string of the molecule is O=C(OCc1ccccn1)c1ccc(Br)c([N+](=O)[O-])c1. The van der Waals surface area contributed by atoms with Gasteiger partial charge in [0.1, 0.15) is 6.61 Å². The average molecular weight is 337 g/mol. The van der Waals surface area contributed by atoms with Gasteiger partial charge in [-0.1, -0.05) is 6.07 Å². The van der Waals surface area contributed by atoms with Gasteiger partial charge in [-0.05, 0) is 40.2 Å². The van der Waals surface area contributed by atoms with Crippen molar-refractivity contribution in [1.82, 2.24) is 4.98 Å². The van der Waals surface area contributed by atoms with Crippen LogP contribution in [0.3, 0.4) is 0 Å². The van der Waals surface area contributed by atoms with E-state index in [2.05, 4.69) is 20.9 Å². The van der Waals surface area contributed by atoms with Gasteiger partial charge in [0.25, 0.3) is 5.69 Å². The van der Waals surface area contributed by atoms with Gasteiger partial charge in [0.15, 0.2) is 0 Å². The molecule has 6 nitrogen and oxygen atoms in total. The van der Waals surface area contributed by atoms with Gasteiger partial charge in [-0.15, -0.1) is 0 Å². The molecule has 1 aromatic heterocycles. The number of nitro benzene ring substituents is 1. The maximum atomic E-state index is 11.8. The number of carbonyl (C=O) groups excluding carboxylic acids is 1. The predicted molar refractivity (Wildman–Crippen MR) is 74.2 cm³/mol. The Labute approximate surface area is 122 Å². The van der Waals surface area contributed by atoms with Gasteiger partial charge in [-0.2, -0.15) is 0 Å². The minimum Gasteiger partial charge on any atom is -0.456 e. The Morgan fingerprint density at radius 1 is 1.35 bits per heavy atom. The first-order valence-corrected chi connectivity index (χ1v) is 6.38. The van der Waals surface area contributed by atoms with Crippen molar-refractivity contribution in [2.24, 2.45) is 0 Å². The number of esters is 1. The Balaban J connectivity index is 2.10. The van der Waals surface area contributed by atoms with Crippen molar-refractivity contribution >= 4 is 27.6 Å². The molecule has 1 aromatic carbocycles. The van der Waals surface area contributed by atoms with E-state index in [1.807, 2.05) is 0 Å². The first-order valence-electron chi connectivity index (χ1n) is 5.59. The largest absolute Gasteiger partial charge is 0.456 e. The minimum atomic E-state index is -0.633. The first-order chi connectivity index (χ1) is 9.58. The second kappa shape index (κ2) is 6.25. The molecule has 0 aliphatic heterocycles. The highest BCUT2D eigenvalue weighted by molar-refractivity contribution is 9.10. The Bertz CT molecular complexity index is 646. The van der Waals surface area contributed by atoms with E-state index in [0.717, 1.165) is 0 Å². The Morgan fingerprint density at radius 3 is 2.80 bits per heavy atom. The van der Waals surface area contributed by atoms with E-state index in [-0.39, 0.29) is 17.9 Å². The molecular formula is C13H9BrN2O4. The summed E-state index contributed by atoms with van der Waals surface area (Å²) in [6, 6.07) is 9.32. The number of hydrogen-bond acceptors (Lipinski definition) is 5. The van der Waals surface area contributed by atoms with Crippen LogP contribution in [0.1, 0.15) is 16.1 Å². The zero-order chi connectivity index (χ0) is 14.5. The maximum absolute atomic E-state index is 11.8. The second-order valence-corrected chi connectivity index (χ2v) is 4.67. The number of halogens is 1. The van der Waals surface area contributed by atoms with Crippen molar-refractivity contribution in [3.8, 4) is 0 Å². The van der Waals surface area contributed by atoms with Crippen LogP contribution in [0.5, 0.6) is 0 Å². The van der Waals surface area contributed by atoms with Crippen LogP contribution in [0, 0.1) is 10.1 Å². The number of nitro groups is 1. The van der Waals surface area contributed by atoms with Gasteiger partial charge < -0.3 is 4.74 Å². The third-order valence-corrected chi connectivity index (χ3v) is 3.13. The van der Waals surface area contributed by atoms with E-state index in [0.29, 0.717) is 10.2 Å². The summed E-state index contributed by atoms with van der Waals surface area (Å²) in [5, 5.41) is 10.8. The molecule has 0 saturated carbocycles. The van der Waals surface area contributed by atoms with Crippen LogP contribution in [-0.2, 0) is 11.3 Å². The van der Waals surface area contributed by atoms with Crippen LogP contribution < -0.4 is 0 Å². The molecule has 0 N–H and O–H groups in total. The van der Waals surface area contributed by atoms with Crippen LogP contribution in [0.25, 0.3) is 0 Å². The number of ether oxygens (including phenoxy) is 1. The predicted octanol–water partition coefficient (Wildman–Crippen LogP) is 3.11. The lowest BCUT2D eigenvalue weighted by Crippen LogP contribution is -2.06. The molecule has 0 aliphatic carbocycles. The van der Waals surface area contributed by atoms with Crippen molar-refractivity contribution < 1.29 is 14.5 Å². The molecule has 0 atom stereocenters. The lowest BCUT2D eigenvalue weighted by molar-refractivity contribution is -0.385. The maximum Gasteiger partial charge on any atom is 0.338 e. The fourth-order valence-corrected chi connectivity index (χ4v) is 1.88. The summed E-state index contributed by atoms with van der Waals surface area (Å²) in [5.41, 5.74) is 0.542. The molecule has 1 heterocycles. The number of pyridine rings is 1. The fraction of sp³-hybridized carbons (Fsp3) is 0.0769. The van der Waals surface area contributed by atoms with Crippen LogP contribution in [0.4, 0.5) is 5.69 Å². The molecule has 0 spiro atoms. The third-order valence-electron chi connectivity index (χ3n) is 2.46. The van der Waals surface area contributed by atoms with Crippen LogP contribution in [0.2, 0.25) is 0 Å². The summed E-state index contributed by atoms with van der Waals surface area (Å²) in [6.07, 6.45) is 1.59. The zero-order valence-corrected chi connectivity index (χ0v) is 11.7. The molecule has 0 fully saturated rings. The molecule has 0 radical (unpaired) electrons. The number of benzene rings is 1. The summed E-state index contributed by atoms with van der Waals surface area (Å²) in [4.78, 5) is 26.0. The smallest absolute Gasteiger partial charge is 0.338 e. The van der Waals surface area contributed by atoms with E-state index in [9.17, 15) is 14.9 Å². The van der Waals surface area contributed by atoms with Gasteiger partial charge >= 0.3 is 5.97 Å². The Kier molecular flexibility index (Phi) is 4.41.